The zero-order valence-electron chi connectivity index (χ0n) is 12.6. The molecule has 0 spiro atoms. The summed E-state index contributed by atoms with van der Waals surface area (Å²) in [5.74, 6) is -0.769. The first-order valence-corrected chi connectivity index (χ1v) is 7.59. The predicted molar refractivity (Wildman–Crippen MR) is 81.1 cm³/mol. The van der Waals surface area contributed by atoms with E-state index in [-0.39, 0.29) is 18.1 Å². The van der Waals surface area contributed by atoms with E-state index >= 15 is 0 Å². The molecule has 0 unspecified atom stereocenters. The van der Waals surface area contributed by atoms with E-state index in [2.05, 4.69) is 17.5 Å². The lowest BCUT2D eigenvalue weighted by atomic mass is 9.95. The lowest BCUT2D eigenvalue weighted by Gasteiger charge is -2.18. The summed E-state index contributed by atoms with van der Waals surface area (Å²) in [5, 5.41) is 11.3. The number of rotatable bonds is 3. The Kier molecular flexibility index (Phi) is 8.24. The van der Waals surface area contributed by atoms with E-state index in [1.165, 1.54) is 0 Å². The lowest BCUT2D eigenvalue weighted by molar-refractivity contribution is -0.141. The number of carboxylic acids is 1. The molecule has 0 saturated heterocycles. The van der Waals surface area contributed by atoms with Gasteiger partial charge in [-0.25, -0.2) is 4.79 Å². The summed E-state index contributed by atoms with van der Waals surface area (Å²) < 4.78 is 4.77. The van der Waals surface area contributed by atoms with Crippen LogP contribution in [0.3, 0.4) is 0 Å². The molecule has 2 N–H and O–H groups in total. The molecule has 0 saturated carbocycles. The van der Waals surface area contributed by atoms with Crippen LogP contribution in [-0.2, 0) is 9.53 Å². The molecule has 2 atom stereocenters. The molecule has 0 aromatic carbocycles. The molecule has 0 bridgehead atoms. The first-order chi connectivity index (χ1) is 10.1. The summed E-state index contributed by atoms with van der Waals surface area (Å²) in [5.41, 5.74) is 0. The number of nitrogens with one attached hydrogen (secondary N) is 1. The number of carbonyl (C=O) groups excluding carboxylic acids is 1. The van der Waals surface area contributed by atoms with Crippen LogP contribution in [0.4, 0.5) is 4.79 Å². The van der Waals surface area contributed by atoms with Gasteiger partial charge in [0.25, 0.3) is 0 Å². The maximum Gasteiger partial charge on any atom is 0.407 e. The first-order valence-electron chi connectivity index (χ1n) is 7.59. The lowest BCUT2D eigenvalue weighted by Crippen LogP contribution is -2.35. The van der Waals surface area contributed by atoms with Crippen molar-refractivity contribution in [3.8, 4) is 0 Å². The summed E-state index contributed by atoms with van der Waals surface area (Å²) in [4.78, 5) is 21.3. The van der Waals surface area contributed by atoms with Crippen LogP contribution in [0.5, 0.6) is 0 Å². The molecule has 0 fully saturated rings. The van der Waals surface area contributed by atoms with Gasteiger partial charge in [-0.3, -0.25) is 4.79 Å². The fourth-order valence-corrected chi connectivity index (χ4v) is 2.28. The molecular formula is C16H25NO4. The van der Waals surface area contributed by atoms with Crippen molar-refractivity contribution < 1.29 is 19.4 Å². The van der Waals surface area contributed by atoms with Gasteiger partial charge in [-0.1, -0.05) is 24.3 Å². The van der Waals surface area contributed by atoms with Gasteiger partial charge in [-0.05, 0) is 45.4 Å². The topological polar surface area (TPSA) is 75.6 Å². The number of allylic oxidation sites excluding steroid dienone is 3. The fourth-order valence-electron chi connectivity index (χ4n) is 2.28. The van der Waals surface area contributed by atoms with Crippen LogP contribution in [0, 0.1) is 5.92 Å². The van der Waals surface area contributed by atoms with E-state index in [0.29, 0.717) is 6.61 Å². The van der Waals surface area contributed by atoms with Gasteiger partial charge in [0.1, 0.15) is 0 Å². The average Bonchev–Trinajstić information content (AvgIpc) is 2.50. The number of ether oxygens (including phenoxy) is 1. The van der Waals surface area contributed by atoms with Crippen LogP contribution in [0.2, 0.25) is 0 Å². The molecule has 0 aromatic rings. The standard InChI is InChI=1S/C9H15NO2.C7H10O2/c1-2-12-9(11)10-8-6-4-3-5-7-8;8-7(9)6-4-2-1-3-5-6/h3-4,8H,2,5-7H2,1H3,(H,10,11);1-2,6H,3-5H2,(H,8,9)/t8-;6-/m00/s1. The first kappa shape index (κ1) is 17.3. The number of hydrogen-bond donors (Lipinski definition) is 2. The Morgan fingerprint density at radius 3 is 2.24 bits per heavy atom. The smallest absolute Gasteiger partial charge is 0.407 e. The van der Waals surface area contributed by atoms with Crippen molar-refractivity contribution in [1.82, 2.24) is 5.32 Å². The second-order valence-electron chi connectivity index (χ2n) is 5.17. The Morgan fingerprint density at radius 1 is 1.14 bits per heavy atom. The molecule has 5 nitrogen and oxygen atoms in total. The van der Waals surface area contributed by atoms with E-state index in [1.807, 2.05) is 12.2 Å². The van der Waals surface area contributed by atoms with Gasteiger partial charge in [0.2, 0.25) is 0 Å². The SMILES string of the molecule is CCOC(=O)N[C@H]1CC=CCC1.O=C(O)[C@H]1CC=CCC1. The van der Waals surface area contributed by atoms with Crippen molar-refractivity contribution in [2.45, 2.75) is 51.5 Å². The zero-order chi connectivity index (χ0) is 15.5. The van der Waals surface area contributed by atoms with Gasteiger partial charge in [0.15, 0.2) is 0 Å². The minimum Gasteiger partial charge on any atom is -0.481 e. The van der Waals surface area contributed by atoms with Crippen molar-refractivity contribution in [2.75, 3.05) is 6.61 Å². The van der Waals surface area contributed by atoms with Crippen LogP contribution in [0.15, 0.2) is 24.3 Å². The molecule has 2 aliphatic carbocycles. The molecule has 0 heterocycles. The van der Waals surface area contributed by atoms with Gasteiger partial charge >= 0.3 is 12.1 Å². The molecule has 2 rings (SSSR count). The third kappa shape index (κ3) is 7.54. The number of aliphatic carboxylic acids is 1. The summed E-state index contributed by atoms with van der Waals surface area (Å²) in [6.45, 7) is 2.24. The van der Waals surface area contributed by atoms with Crippen molar-refractivity contribution >= 4 is 12.1 Å². The highest BCUT2D eigenvalue weighted by Gasteiger charge is 2.16. The molecule has 5 heteroatoms. The monoisotopic (exact) mass is 295 g/mol. The second-order valence-corrected chi connectivity index (χ2v) is 5.17. The largest absolute Gasteiger partial charge is 0.481 e. The molecule has 21 heavy (non-hydrogen) atoms. The number of alkyl carbamates (subject to hydrolysis) is 1. The average molecular weight is 295 g/mol. The highest BCUT2D eigenvalue weighted by molar-refractivity contribution is 5.70. The molecule has 1 amide bonds. The van der Waals surface area contributed by atoms with Crippen LogP contribution in [0.1, 0.15) is 45.4 Å². The fraction of sp³-hybridized carbons (Fsp3) is 0.625. The van der Waals surface area contributed by atoms with Gasteiger partial charge in [0, 0.05) is 6.04 Å². The summed E-state index contributed by atoms with van der Waals surface area (Å²) in [7, 11) is 0. The van der Waals surface area contributed by atoms with E-state index < -0.39 is 5.97 Å². The Morgan fingerprint density at radius 2 is 1.81 bits per heavy atom. The molecular weight excluding hydrogens is 270 g/mol. The van der Waals surface area contributed by atoms with Crippen molar-refractivity contribution in [2.24, 2.45) is 5.92 Å². The highest BCUT2D eigenvalue weighted by atomic mass is 16.5. The van der Waals surface area contributed by atoms with Gasteiger partial charge in [-0.15, -0.1) is 0 Å². The molecule has 2 aliphatic rings. The zero-order valence-corrected chi connectivity index (χ0v) is 12.6. The number of amides is 1. The second kappa shape index (κ2) is 10.0. The van der Waals surface area contributed by atoms with E-state index in [4.69, 9.17) is 9.84 Å². The number of hydrogen-bond acceptors (Lipinski definition) is 3. The van der Waals surface area contributed by atoms with Gasteiger partial charge in [-0.2, -0.15) is 0 Å². The highest BCUT2D eigenvalue weighted by Crippen LogP contribution is 2.17. The van der Waals surface area contributed by atoms with E-state index in [0.717, 1.165) is 38.5 Å². The van der Waals surface area contributed by atoms with Gasteiger partial charge in [0.05, 0.1) is 12.5 Å². The molecule has 118 valence electrons. The van der Waals surface area contributed by atoms with Crippen LogP contribution >= 0.6 is 0 Å². The van der Waals surface area contributed by atoms with Crippen LogP contribution in [-0.4, -0.2) is 29.8 Å². The molecule has 0 aromatic heterocycles. The quantitative estimate of drug-likeness (QED) is 0.784. The summed E-state index contributed by atoms with van der Waals surface area (Å²) >= 11 is 0. The van der Waals surface area contributed by atoms with E-state index in [1.54, 1.807) is 6.92 Å². The molecule has 0 radical (unpaired) electrons. The Bertz CT molecular complexity index is 390. The third-order valence-electron chi connectivity index (χ3n) is 3.48. The number of carboxylic acid groups (broad SMARTS) is 1. The Hall–Kier alpha value is -1.78. The normalized spacial score (nSPS) is 23.7. The molecule has 0 aliphatic heterocycles. The summed E-state index contributed by atoms with van der Waals surface area (Å²) in [6, 6.07) is 0.272. The minimum absolute atomic E-state index is 0.116. The maximum atomic E-state index is 11.0. The van der Waals surface area contributed by atoms with Gasteiger partial charge < -0.3 is 15.2 Å². The van der Waals surface area contributed by atoms with Crippen LogP contribution < -0.4 is 5.32 Å². The Balaban J connectivity index is 0.000000219. The van der Waals surface area contributed by atoms with Crippen molar-refractivity contribution in [1.29, 1.82) is 0 Å². The maximum absolute atomic E-state index is 11.0. The number of carbonyl (C=O) groups is 2. The summed E-state index contributed by atoms with van der Waals surface area (Å²) in [6.07, 6.45) is 13.4. The third-order valence-corrected chi connectivity index (χ3v) is 3.48. The van der Waals surface area contributed by atoms with Crippen molar-refractivity contribution in [3.05, 3.63) is 24.3 Å². The minimum atomic E-state index is -0.653. The van der Waals surface area contributed by atoms with Crippen molar-refractivity contribution in [3.63, 3.8) is 0 Å². The predicted octanol–water partition coefficient (Wildman–Crippen LogP) is 3.27. The van der Waals surface area contributed by atoms with E-state index in [9.17, 15) is 9.59 Å². The van der Waals surface area contributed by atoms with Crippen LogP contribution in [0.25, 0.3) is 0 Å². The Labute approximate surface area is 126 Å².